The second-order valence-corrected chi connectivity index (χ2v) is 8.03. The number of methoxy groups -OCH3 is 1. The van der Waals surface area contributed by atoms with Crippen LogP contribution in [0.2, 0.25) is 0 Å². The minimum Gasteiger partial charge on any atom is -0.469 e. The molecular weight excluding hydrogens is 364 g/mol. The van der Waals surface area contributed by atoms with Crippen molar-refractivity contribution in [2.45, 2.75) is 52.1 Å². The Kier molecular flexibility index (Phi) is 7.92. The van der Waals surface area contributed by atoms with E-state index in [0.29, 0.717) is 6.04 Å². The van der Waals surface area contributed by atoms with Crippen LogP contribution in [0, 0.1) is 5.92 Å². The summed E-state index contributed by atoms with van der Waals surface area (Å²) in [7, 11) is 1.48. The summed E-state index contributed by atoms with van der Waals surface area (Å²) in [5.41, 5.74) is 2.95. The topological polar surface area (TPSA) is 57.2 Å². The number of rotatable bonds is 6. The van der Waals surface area contributed by atoms with Crippen LogP contribution in [0.4, 0.5) is 0 Å². The Balaban J connectivity index is 1.61. The normalized spacial score (nSPS) is 19.6. The highest BCUT2D eigenvalue weighted by Crippen LogP contribution is 2.22. The quantitative estimate of drug-likeness (QED) is 0.452. The summed E-state index contributed by atoms with van der Waals surface area (Å²) in [6, 6.07) is 9.25. The summed E-state index contributed by atoms with van der Waals surface area (Å²) in [5, 5.41) is 3.45. The van der Waals surface area contributed by atoms with Crippen LogP contribution >= 0.6 is 0 Å². The molecule has 2 aliphatic heterocycles. The zero-order chi connectivity index (χ0) is 20.6. The van der Waals surface area contributed by atoms with E-state index < -0.39 is 0 Å². The molecule has 3 rings (SSSR count). The third-order valence-electron chi connectivity index (χ3n) is 6.26. The predicted molar refractivity (Wildman–Crippen MR) is 117 cm³/mol. The lowest BCUT2D eigenvalue weighted by Gasteiger charge is -2.36. The summed E-state index contributed by atoms with van der Waals surface area (Å²) >= 11 is 0. The van der Waals surface area contributed by atoms with Crippen molar-refractivity contribution in [2.24, 2.45) is 10.9 Å². The number of nitrogens with zero attached hydrogens (tertiary/aromatic N) is 3. The second kappa shape index (κ2) is 10.6. The van der Waals surface area contributed by atoms with E-state index in [1.165, 1.54) is 18.2 Å². The first-order chi connectivity index (χ1) is 14.2. The highest BCUT2D eigenvalue weighted by atomic mass is 16.5. The van der Waals surface area contributed by atoms with Crippen molar-refractivity contribution in [3.8, 4) is 0 Å². The van der Waals surface area contributed by atoms with E-state index in [2.05, 4.69) is 53.2 Å². The number of piperidine rings is 1. The molecule has 160 valence electrons. The maximum absolute atomic E-state index is 11.8. The molecule has 2 heterocycles. The number of likely N-dealkylation sites (tertiary alicyclic amines) is 1. The van der Waals surface area contributed by atoms with Gasteiger partial charge in [-0.25, -0.2) is 0 Å². The number of esters is 1. The molecule has 1 aromatic rings. The van der Waals surface area contributed by atoms with Gasteiger partial charge in [0.1, 0.15) is 0 Å². The minimum atomic E-state index is -0.0805. The van der Waals surface area contributed by atoms with Crippen LogP contribution in [-0.2, 0) is 22.5 Å². The standard InChI is InChI=1S/C23H36N4O2/c1-4-21(27-15-10-18-8-6-7-9-20(18)17-27)16-25-23(24-5-2)26-13-11-19(12-14-26)22(28)29-3/h6-9,19,21H,4-5,10-17H2,1-3H3,(H,24,25). The van der Waals surface area contributed by atoms with Crippen LogP contribution in [-0.4, -0.2) is 67.6 Å². The average molecular weight is 401 g/mol. The zero-order valence-corrected chi connectivity index (χ0v) is 18.2. The summed E-state index contributed by atoms with van der Waals surface area (Å²) in [5.74, 6) is 0.922. The van der Waals surface area contributed by atoms with E-state index in [0.717, 1.165) is 70.9 Å². The largest absolute Gasteiger partial charge is 0.469 e. The first-order valence-corrected chi connectivity index (χ1v) is 11.1. The van der Waals surface area contributed by atoms with Gasteiger partial charge in [-0.05, 0) is 43.7 Å². The van der Waals surface area contributed by atoms with Crippen LogP contribution < -0.4 is 5.32 Å². The fourth-order valence-electron chi connectivity index (χ4n) is 4.44. The van der Waals surface area contributed by atoms with Gasteiger partial charge in [0.25, 0.3) is 0 Å². The lowest BCUT2D eigenvalue weighted by atomic mass is 9.97. The van der Waals surface area contributed by atoms with Crippen molar-refractivity contribution in [2.75, 3.05) is 39.8 Å². The van der Waals surface area contributed by atoms with Gasteiger partial charge in [0, 0.05) is 38.8 Å². The monoisotopic (exact) mass is 400 g/mol. The van der Waals surface area contributed by atoms with E-state index in [1.54, 1.807) is 0 Å². The zero-order valence-electron chi connectivity index (χ0n) is 18.2. The Bertz CT molecular complexity index is 698. The Labute approximate surface area is 175 Å². The number of carbonyl (C=O) groups excluding carboxylic acids is 1. The van der Waals surface area contributed by atoms with E-state index in [4.69, 9.17) is 9.73 Å². The molecule has 2 aliphatic rings. The summed E-state index contributed by atoms with van der Waals surface area (Å²) in [4.78, 5) is 21.7. The fraction of sp³-hybridized carbons (Fsp3) is 0.652. The maximum Gasteiger partial charge on any atom is 0.308 e. The molecule has 0 saturated carbocycles. The molecule has 0 amide bonds. The SMILES string of the molecule is CCNC(=NCC(CC)N1CCc2ccccc2C1)N1CCC(C(=O)OC)CC1. The number of carbonyl (C=O) groups is 1. The molecule has 6 heteroatoms. The average Bonchev–Trinajstić information content (AvgIpc) is 2.78. The molecule has 1 aromatic carbocycles. The number of benzene rings is 1. The molecule has 1 fully saturated rings. The third kappa shape index (κ3) is 5.50. The van der Waals surface area contributed by atoms with Crippen molar-refractivity contribution in [3.63, 3.8) is 0 Å². The van der Waals surface area contributed by atoms with Gasteiger partial charge in [-0.3, -0.25) is 14.7 Å². The molecule has 1 unspecified atom stereocenters. The Morgan fingerprint density at radius 1 is 1.21 bits per heavy atom. The minimum absolute atomic E-state index is 0.0240. The predicted octanol–water partition coefficient (Wildman–Crippen LogP) is 2.67. The van der Waals surface area contributed by atoms with E-state index in [1.807, 2.05) is 0 Å². The highest BCUT2D eigenvalue weighted by molar-refractivity contribution is 5.80. The number of hydrogen-bond acceptors (Lipinski definition) is 4. The lowest BCUT2D eigenvalue weighted by Crippen LogP contribution is -2.47. The van der Waals surface area contributed by atoms with Gasteiger partial charge in [-0.2, -0.15) is 0 Å². The fourth-order valence-corrected chi connectivity index (χ4v) is 4.44. The van der Waals surface area contributed by atoms with Crippen molar-refractivity contribution in [1.82, 2.24) is 15.1 Å². The summed E-state index contributed by atoms with van der Waals surface area (Å²) < 4.78 is 4.91. The molecule has 0 aromatic heterocycles. The smallest absolute Gasteiger partial charge is 0.308 e. The molecule has 0 bridgehead atoms. The Morgan fingerprint density at radius 3 is 2.59 bits per heavy atom. The molecule has 6 nitrogen and oxygen atoms in total. The van der Waals surface area contributed by atoms with Crippen molar-refractivity contribution >= 4 is 11.9 Å². The van der Waals surface area contributed by atoms with Gasteiger partial charge in [-0.1, -0.05) is 31.2 Å². The number of fused-ring (bicyclic) bond motifs is 1. The summed E-state index contributed by atoms with van der Waals surface area (Å²) in [6.07, 6.45) is 3.88. The lowest BCUT2D eigenvalue weighted by molar-refractivity contribution is -0.146. The van der Waals surface area contributed by atoms with Crippen LogP contribution in [0.1, 0.15) is 44.2 Å². The third-order valence-corrected chi connectivity index (χ3v) is 6.26. The van der Waals surface area contributed by atoms with Crippen LogP contribution in [0.25, 0.3) is 0 Å². The maximum atomic E-state index is 11.8. The molecule has 1 atom stereocenters. The molecule has 0 spiro atoms. The van der Waals surface area contributed by atoms with Gasteiger partial charge < -0.3 is 15.0 Å². The van der Waals surface area contributed by atoms with Gasteiger partial charge in [-0.15, -0.1) is 0 Å². The van der Waals surface area contributed by atoms with Gasteiger partial charge in [0.05, 0.1) is 19.6 Å². The molecule has 0 radical (unpaired) electrons. The Hall–Kier alpha value is -2.08. The van der Waals surface area contributed by atoms with Crippen molar-refractivity contribution in [1.29, 1.82) is 0 Å². The Morgan fingerprint density at radius 2 is 1.93 bits per heavy atom. The van der Waals surface area contributed by atoms with E-state index >= 15 is 0 Å². The van der Waals surface area contributed by atoms with Crippen molar-refractivity contribution < 1.29 is 9.53 Å². The summed E-state index contributed by atoms with van der Waals surface area (Å²) in [6.45, 7) is 9.84. The first-order valence-electron chi connectivity index (χ1n) is 11.1. The molecule has 1 N–H and O–H groups in total. The van der Waals surface area contributed by atoms with Gasteiger partial charge >= 0.3 is 5.97 Å². The van der Waals surface area contributed by atoms with Crippen LogP contribution in [0.3, 0.4) is 0 Å². The number of ether oxygens (including phenoxy) is 1. The van der Waals surface area contributed by atoms with E-state index in [-0.39, 0.29) is 11.9 Å². The van der Waals surface area contributed by atoms with E-state index in [9.17, 15) is 4.79 Å². The second-order valence-electron chi connectivity index (χ2n) is 8.03. The first kappa shape index (κ1) is 21.6. The van der Waals surface area contributed by atoms with Gasteiger partial charge in [0.15, 0.2) is 5.96 Å². The number of hydrogen-bond donors (Lipinski definition) is 1. The molecule has 0 aliphatic carbocycles. The number of aliphatic imine (C=N–C) groups is 1. The number of nitrogens with one attached hydrogen (secondary N) is 1. The number of guanidine groups is 1. The molecular formula is C23H36N4O2. The molecule has 29 heavy (non-hydrogen) atoms. The van der Waals surface area contributed by atoms with Gasteiger partial charge in [0.2, 0.25) is 0 Å². The van der Waals surface area contributed by atoms with Crippen LogP contribution in [0.15, 0.2) is 29.3 Å². The van der Waals surface area contributed by atoms with Crippen molar-refractivity contribution in [3.05, 3.63) is 35.4 Å². The van der Waals surface area contributed by atoms with Crippen LogP contribution in [0.5, 0.6) is 0 Å². The highest BCUT2D eigenvalue weighted by Gasteiger charge is 2.27. The molecule has 1 saturated heterocycles.